The van der Waals surface area contributed by atoms with E-state index in [1.165, 1.54) is 12.1 Å². The van der Waals surface area contributed by atoms with Crippen LogP contribution >= 0.6 is 8.38 Å². The van der Waals surface area contributed by atoms with E-state index in [0.29, 0.717) is 13.2 Å². The van der Waals surface area contributed by atoms with Crippen LogP contribution in [0.2, 0.25) is 0 Å². The molecular formula is C12H18NO4P. The molecule has 1 aromatic carbocycles. The van der Waals surface area contributed by atoms with Crippen LogP contribution < -0.4 is 0 Å². The van der Waals surface area contributed by atoms with Crippen molar-refractivity contribution in [1.82, 2.24) is 0 Å². The largest absolute Gasteiger partial charge is 0.334 e. The Morgan fingerprint density at radius 2 is 1.72 bits per heavy atom. The highest BCUT2D eigenvalue weighted by atomic mass is 31.2. The van der Waals surface area contributed by atoms with E-state index in [4.69, 9.17) is 9.05 Å². The summed E-state index contributed by atoms with van der Waals surface area (Å²) in [7, 11) is -0.993. The number of non-ortho nitro benzene ring substituents is 1. The van der Waals surface area contributed by atoms with Crippen LogP contribution in [0.3, 0.4) is 0 Å². The van der Waals surface area contributed by atoms with Gasteiger partial charge in [-0.05, 0) is 26.3 Å². The molecule has 0 aliphatic rings. The summed E-state index contributed by atoms with van der Waals surface area (Å²) < 4.78 is 11.2. The normalized spacial score (nSPS) is 12.7. The standard InChI is InChI=1S/C12H18NO4P/c1-4-16-18(17-5-2)10(3)11-6-8-12(9-7-11)13(14)15/h6-10H,4-5H2,1-3H3. The summed E-state index contributed by atoms with van der Waals surface area (Å²) in [6, 6.07) is 6.54. The van der Waals surface area contributed by atoms with Crippen molar-refractivity contribution < 1.29 is 14.0 Å². The SMILES string of the molecule is CCOP(OCC)C(C)c1ccc([N+](=O)[O-])cc1. The predicted octanol–water partition coefficient (Wildman–Crippen LogP) is 4.04. The summed E-state index contributed by atoms with van der Waals surface area (Å²) >= 11 is 0. The molecule has 18 heavy (non-hydrogen) atoms. The Kier molecular flexibility index (Phi) is 6.19. The molecule has 5 nitrogen and oxygen atoms in total. The van der Waals surface area contributed by atoms with Crippen molar-refractivity contribution in [3.05, 3.63) is 39.9 Å². The van der Waals surface area contributed by atoms with Crippen LogP contribution in [0, 0.1) is 10.1 Å². The lowest BCUT2D eigenvalue weighted by molar-refractivity contribution is -0.384. The zero-order valence-electron chi connectivity index (χ0n) is 10.8. The number of nitro benzene ring substituents is 1. The van der Waals surface area contributed by atoms with E-state index >= 15 is 0 Å². The average molecular weight is 271 g/mol. The van der Waals surface area contributed by atoms with Gasteiger partial charge in [0.25, 0.3) is 5.69 Å². The molecule has 0 heterocycles. The van der Waals surface area contributed by atoms with Gasteiger partial charge in [-0.1, -0.05) is 12.1 Å². The van der Waals surface area contributed by atoms with Crippen molar-refractivity contribution in [3.63, 3.8) is 0 Å². The Hall–Kier alpha value is -1.03. The fourth-order valence-corrected chi connectivity index (χ4v) is 2.96. The number of hydrogen-bond donors (Lipinski definition) is 0. The lowest BCUT2D eigenvalue weighted by atomic mass is 10.1. The lowest BCUT2D eigenvalue weighted by Gasteiger charge is -2.22. The minimum atomic E-state index is -0.993. The van der Waals surface area contributed by atoms with Crippen LogP contribution in [0.5, 0.6) is 0 Å². The van der Waals surface area contributed by atoms with E-state index in [2.05, 4.69) is 0 Å². The molecule has 0 amide bonds. The molecule has 0 aliphatic heterocycles. The summed E-state index contributed by atoms with van der Waals surface area (Å²) in [5.74, 6) is 0. The molecule has 1 unspecified atom stereocenters. The van der Waals surface area contributed by atoms with Crippen molar-refractivity contribution in [2.45, 2.75) is 26.4 Å². The van der Waals surface area contributed by atoms with Crippen molar-refractivity contribution in [2.24, 2.45) is 0 Å². The van der Waals surface area contributed by atoms with Gasteiger partial charge in [0, 0.05) is 12.1 Å². The molecule has 1 atom stereocenters. The molecule has 6 heteroatoms. The minimum Gasteiger partial charge on any atom is -0.334 e. The van der Waals surface area contributed by atoms with Crippen molar-refractivity contribution in [2.75, 3.05) is 13.2 Å². The first-order valence-corrected chi connectivity index (χ1v) is 7.14. The lowest BCUT2D eigenvalue weighted by Crippen LogP contribution is -1.99. The highest BCUT2D eigenvalue weighted by molar-refractivity contribution is 7.47. The third-order valence-corrected chi connectivity index (χ3v) is 4.37. The fraction of sp³-hybridized carbons (Fsp3) is 0.500. The maximum atomic E-state index is 10.6. The van der Waals surface area contributed by atoms with Crippen LogP contribution in [0.4, 0.5) is 5.69 Å². The quantitative estimate of drug-likeness (QED) is 0.426. The van der Waals surface area contributed by atoms with Crippen LogP contribution in [0.15, 0.2) is 24.3 Å². The summed E-state index contributed by atoms with van der Waals surface area (Å²) in [5, 5.41) is 10.6. The van der Waals surface area contributed by atoms with Gasteiger partial charge in [0.05, 0.1) is 23.8 Å². The predicted molar refractivity (Wildman–Crippen MR) is 71.7 cm³/mol. The molecule has 0 bridgehead atoms. The van der Waals surface area contributed by atoms with Gasteiger partial charge in [0.1, 0.15) is 0 Å². The van der Waals surface area contributed by atoms with Gasteiger partial charge >= 0.3 is 0 Å². The van der Waals surface area contributed by atoms with E-state index < -0.39 is 13.3 Å². The third kappa shape index (κ3) is 4.02. The number of hydrogen-bond acceptors (Lipinski definition) is 4. The molecule has 0 spiro atoms. The zero-order chi connectivity index (χ0) is 13.5. The Labute approximate surface area is 108 Å². The van der Waals surface area contributed by atoms with E-state index in [1.54, 1.807) is 12.1 Å². The first kappa shape index (κ1) is 15.0. The second-order valence-corrected chi connectivity index (χ2v) is 5.51. The van der Waals surface area contributed by atoms with Gasteiger partial charge < -0.3 is 9.05 Å². The molecule has 0 saturated carbocycles. The highest BCUT2D eigenvalue weighted by Crippen LogP contribution is 2.52. The first-order valence-electron chi connectivity index (χ1n) is 5.89. The maximum absolute atomic E-state index is 10.6. The monoisotopic (exact) mass is 271 g/mol. The van der Waals surface area contributed by atoms with Gasteiger partial charge in [0.15, 0.2) is 8.38 Å². The minimum absolute atomic E-state index is 0.0979. The van der Waals surface area contributed by atoms with Crippen molar-refractivity contribution in [1.29, 1.82) is 0 Å². The molecule has 1 aromatic rings. The van der Waals surface area contributed by atoms with Crippen LogP contribution in [0.1, 0.15) is 32.0 Å². The molecule has 0 aliphatic carbocycles. The fourth-order valence-electron chi connectivity index (χ4n) is 1.51. The van der Waals surface area contributed by atoms with E-state index in [-0.39, 0.29) is 11.3 Å². The van der Waals surface area contributed by atoms with Gasteiger partial charge in [0.2, 0.25) is 0 Å². The molecule has 0 aromatic heterocycles. The topological polar surface area (TPSA) is 61.6 Å². The summed E-state index contributed by atoms with van der Waals surface area (Å²) in [6.07, 6.45) is 0. The Balaban J connectivity index is 2.80. The van der Waals surface area contributed by atoms with Crippen LogP contribution in [0.25, 0.3) is 0 Å². The smallest absolute Gasteiger partial charge is 0.269 e. The molecule has 1 rings (SSSR count). The number of nitro groups is 1. The van der Waals surface area contributed by atoms with E-state index in [1.807, 2.05) is 20.8 Å². The Morgan fingerprint density at radius 3 is 2.11 bits per heavy atom. The molecule has 0 saturated heterocycles. The van der Waals surface area contributed by atoms with Gasteiger partial charge in [-0.3, -0.25) is 10.1 Å². The van der Waals surface area contributed by atoms with Crippen molar-refractivity contribution >= 4 is 14.1 Å². The second-order valence-electron chi connectivity index (χ2n) is 3.65. The summed E-state index contributed by atoms with van der Waals surface area (Å²) in [5.41, 5.74) is 1.19. The van der Waals surface area contributed by atoms with Gasteiger partial charge in [-0.2, -0.15) is 0 Å². The zero-order valence-corrected chi connectivity index (χ0v) is 11.7. The molecule has 0 radical (unpaired) electrons. The molecular weight excluding hydrogens is 253 g/mol. The van der Waals surface area contributed by atoms with E-state index in [9.17, 15) is 10.1 Å². The number of rotatable bonds is 7. The average Bonchev–Trinajstić information content (AvgIpc) is 2.38. The second kappa shape index (κ2) is 7.41. The van der Waals surface area contributed by atoms with Crippen LogP contribution in [-0.4, -0.2) is 18.1 Å². The summed E-state index contributed by atoms with van der Waals surface area (Å²) in [4.78, 5) is 10.2. The maximum Gasteiger partial charge on any atom is 0.269 e. The Morgan fingerprint density at radius 1 is 1.22 bits per heavy atom. The Bertz CT molecular complexity index is 376. The molecule has 0 N–H and O–H groups in total. The first-order chi connectivity index (χ1) is 8.60. The van der Waals surface area contributed by atoms with Crippen molar-refractivity contribution in [3.8, 4) is 0 Å². The highest BCUT2D eigenvalue weighted by Gasteiger charge is 2.21. The van der Waals surface area contributed by atoms with E-state index in [0.717, 1.165) is 5.56 Å². The molecule has 100 valence electrons. The van der Waals surface area contributed by atoms with Crippen LogP contribution in [-0.2, 0) is 9.05 Å². The molecule has 0 fully saturated rings. The number of benzene rings is 1. The summed E-state index contributed by atoms with van der Waals surface area (Å²) in [6.45, 7) is 7.07. The van der Waals surface area contributed by atoms with Gasteiger partial charge in [-0.15, -0.1) is 0 Å². The van der Waals surface area contributed by atoms with Gasteiger partial charge in [-0.25, -0.2) is 0 Å². The third-order valence-electron chi connectivity index (χ3n) is 2.42. The number of nitrogens with zero attached hydrogens (tertiary/aromatic N) is 1.